The zero-order valence-electron chi connectivity index (χ0n) is 9.16. The van der Waals surface area contributed by atoms with Crippen LogP contribution in [0.1, 0.15) is 27.2 Å². The van der Waals surface area contributed by atoms with Crippen molar-refractivity contribution in [2.24, 2.45) is 5.92 Å². The Morgan fingerprint density at radius 3 is 2.43 bits per heavy atom. The summed E-state index contributed by atoms with van der Waals surface area (Å²) >= 11 is 0. The van der Waals surface area contributed by atoms with Gasteiger partial charge in [-0.25, -0.2) is 0 Å². The van der Waals surface area contributed by atoms with Crippen LogP contribution in [0.15, 0.2) is 0 Å². The molecule has 80 valence electrons. The number of esters is 1. The van der Waals surface area contributed by atoms with Crippen LogP contribution >= 0.6 is 0 Å². The van der Waals surface area contributed by atoms with E-state index in [4.69, 9.17) is 4.74 Å². The first-order valence-electron chi connectivity index (χ1n) is 4.79. The Bertz CT molecular complexity index is 255. The van der Waals surface area contributed by atoms with Crippen molar-refractivity contribution in [3.05, 3.63) is 0 Å². The number of nitrogens with zero attached hydrogens (tertiary/aromatic N) is 1. The summed E-state index contributed by atoms with van der Waals surface area (Å²) in [6.07, 6.45) is 0.574. The van der Waals surface area contributed by atoms with Gasteiger partial charge >= 0.3 is 5.97 Å². The highest BCUT2D eigenvalue weighted by atomic mass is 16.6. The molecule has 1 rings (SSSR count). The van der Waals surface area contributed by atoms with Crippen LogP contribution in [0, 0.1) is 5.92 Å². The molecule has 0 aromatic carbocycles. The van der Waals surface area contributed by atoms with Gasteiger partial charge in [0.2, 0.25) is 5.91 Å². The van der Waals surface area contributed by atoms with Crippen LogP contribution in [0.2, 0.25) is 0 Å². The van der Waals surface area contributed by atoms with E-state index in [1.165, 1.54) is 0 Å². The van der Waals surface area contributed by atoms with E-state index in [9.17, 15) is 9.59 Å². The van der Waals surface area contributed by atoms with E-state index in [2.05, 4.69) is 0 Å². The van der Waals surface area contributed by atoms with Crippen molar-refractivity contribution in [1.82, 2.24) is 4.90 Å². The SMILES string of the molecule is CN1CC[C@H](C(=O)OC(C)(C)C)C1=O. The highest BCUT2D eigenvalue weighted by molar-refractivity contribution is 5.99. The molecule has 0 spiro atoms. The van der Waals surface area contributed by atoms with Crippen molar-refractivity contribution < 1.29 is 14.3 Å². The first kappa shape index (κ1) is 11.0. The van der Waals surface area contributed by atoms with Gasteiger partial charge in [-0.05, 0) is 27.2 Å². The van der Waals surface area contributed by atoms with Crippen LogP contribution in [-0.2, 0) is 14.3 Å². The molecule has 0 N–H and O–H groups in total. The van der Waals surface area contributed by atoms with Gasteiger partial charge in [-0.3, -0.25) is 9.59 Å². The van der Waals surface area contributed by atoms with Crippen molar-refractivity contribution in [3.8, 4) is 0 Å². The van der Waals surface area contributed by atoms with E-state index >= 15 is 0 Å². The number of carbonyl (C=O) groups excluding carboxylic acids is 2. The lowest BCUT2D eigenvalue weighted by molar-refractivity contribution is -0.162. The summed E-state index contributed by atoms with van der Waals surface area (Å²) in [5, 5.41) is 0. The molecule has 1 aliphatic rings. The molecule has 1 amide bonds. The third-order valence-electron chi connectivity index (χ3n) is 2.12. The smallest absolute Gasteiger partial charge is 0.319 e. The van der Waals surface area contributed by atoms with E-state index in [1.54, 1.807) is 32.7 Å². The van der Waals surface area contributed by atoms with Gasteiger partial charge in [0.15, 0.2) is 0 Å². The molecule has 1 heterocycles. The maximum absolute atomic E-state index is 11.5. The zero-order valence-corrected chi connectivity index (χ0v) is 9.16. The Balaban J connectivity index is 2.59. The molecule has 0 aliphatic carbocycles. The standard InChI is InChI=1S/C10H17NO3/c1-10(2,3)14-9(13)7-5-6-11(4)8(7)12/h7H,5-6H2,1-4H3/t7-/m0/s1. The van der Waals surface area contributed by atoms with Crippen molar-refractivity contribution in [2.45, 2.75) is 32.8 Å². The molecule has 14 heavy (non-hydrogen) atoms. The van der Waals surface area contributed by atoms with E-state index in [-0.39, 0.29) is 5.91 Å². The monoisotopic (exact) mass is 199 g/mol. The van der Waals surface area contributed by atoms with Gasteiger partial charge < -0.3 is 9.64 Å². The topological polar surface area (TPSA) is 46.6 Å². The van der Waals surface area contributed by atoms with E-state index < -0.39 is 17.5 Å². The lowest BCUT2D eigenvalue weighted by atomic mass is 10.1. The van der Waals surface area contributed by atoms with Gasteiger partial charge in [0, 0.05) is 13.6 Å². The van der Waals surface area contributed by atoms with Crippen molar-refractivity contribution in [3.63, 3.8) is 0 Å². The molecule has 1 aliphatic heterocycles. The Hall–Kier alpha value is -1.06. The summed E-state index contributed by atoms with van der Waals surface area (Å²) in [5.41, 5.74) is -0.515. The number of carbonyl (C=O) groups is 2. The number of likely N-dealkylation sites (tertiary alicyclic amines) is 1. The molecule has 0 saturated carbocycles. The van der Waals surface area contributed by atoms with Gasteiger partial charge in [0.1, 0.15) is 11.5 Å². The van der Waals surface area contributed by atoms with Crippen LogP contribution in [0.5, 0.6) is 0 Å². The molecule has 0 unspecified atom stereocenters. The van der Waals surface area contributed by atoms with Gasteiger partial charge in [-0.2, -0.15) is 0 Å². The molecule has 4 heteroatoms. The minimum Gasteiger partial charge on any atom is -0.459 e. The number of hydrogen-bond donors (Lipinski definition) is 0. The second kappa shape index (κ2) is 3.59. The van der Waals surface area contributed by atoms with Crippen molar-refractivity contribution in [2.75, 3.05) is 13.6 Å². The normalized spacial score (nSPS) is 22.7. The molecule has 0 aromatic heterocycles. The second-order valence-corrected chi connectivity index (χ2v) is 4.63. The highest BCUT2D eigenvalue weighted by Gasteiger charge is 2.37. The average molecular weight is 199 g/mol. The summed E-state index contributed by atoms with van der Waals surface area (Å²) in [7, 11) is 1.70. The maximum atomic E-state index is 11.5. The number of hydrogen-bond acceptors (Lipinski definition) is 3. The second-order valence-electron chi connectivity index (χ2n) is 4.63. The Labute approximate surface area is 84.2 Å². The largest absolute Gasteiger partial charge is 0.459 e. The number of ether oxygens (including phenoxy) is 1. The van der Waals surface area contributed by atoms with Crippen molar-refractivity contribution >= 4 is 11.9 Å². The minimum absolute atomic E-state index is 0.126. The molecular weight excluding hydrogens is 182 g/mol. The van der Waals surface area contributed by atoms with Crippen LogP contribution in [-0.4, -0.2) is 36.0 Å². The summed E-state index contributed by atoms with van der Waals surface area (Å²) in [6.45, 7) is 6.04. The van der Waals surface area contributed by atoms with Gasteiger partial charge in [-0.15, -0.1) is 0 Å². The fraction of sp³-hybridized carbons (Fsp3) is 0.800. The predicted molar refractivity (Wildman–Crippen MR) is 51.6 cm³/mol. The number of rotatable bonds is 1. The Morgan fingerprint density at radius 1 is 1.50 bits per heavy atom. The highest BCUT2D eigenvalue weighted by Crippen LogP contribution is 2.20. The molecule has 1 saturated heterocycles. The van der Waals surface area contributed by atoms with Crippen LogP contribution in [0.4, 0.5) is 0 Å². The van der Waals surface area contributed by atoms with E-state index in [1.807, 2.05) is 0 Å². The third kappa shape index (κ3) is 2.47. The fourth-order valence-electron chi connectivity index (χ4n) is 1.41. The summed E-state index contributed by atoms with van der Waals surface area (Å²) in [5.74, 6) is -1.11. The van der Waals surface area contributed by atoms with Crippen LogP contribution in [0.3, 0.4) is 0 Å². The maximum Gasteiger partial charge on any atom is 0.319 e. The lowest BCUT2D eigenvalue weighted by Gasteiger charge is -2.21. The minimum atomic E-state index is -0.584. The Kier molecular flexibility index (Phi) is 2.83. The first-order valence-corrected chi connectivity index (χ1v) is 4.79. The molecule has 1 fully saturated rings. The summed E-state index contributed by atoms with van der Waals surface area (Å²) in [6, 6.07) is 0. The molecule has 1 atom stereocenters. The predicted octanol–water partition coefficient (Wildman–Crippen LogP) is 0.806. The van der Waals surface area contributed by atoms with Crippen LogP contribution < -0.4 is 0 Å². The Morgan fingerprint density at radius 2 is 2.07 bits per heavy atom. The summed E-state index contributed by atoms with van der Waals surface area (Å²) in [4.78, 5) is 24.6. The molecular formula is C10H17NO3. The first-order chi connectivity index (χ1) is 6.31. The van der Waals surface area contributed by atoms with Gasteiger partial charge in [0.25, 0.3) is 0 Å². The zero-order chi connectivity index (χ0) is 10.9. The molecule has 0 bridgehead atoms. The van der Waals surface area contributed by atoms with E-state index in [0.29, 0.717) is 13.0 Å². The average Bonchev–Trinajstić information content (AvgIpc) is 2.29. The molecule has 0 radical (unpaired) electrons. The van der Waals surface area contributed by atoms with E-state index in [0.717, 1.165) is 0 Å². The molecule has 4 nitrogen and oxygen atoms in total. The quantitative estimate of drug-likeness (QED) is 0.463. The van der Waals surface area contributed by atoms with Crippen molar-refractivity contribution in [1.29, 1.82) is 0 Å². The van der Waals surface area contributed by atoms with Gasteiger partial charge in [0.05, 0.1) is 0 Å². The van der Waals surface area contributed by atoms with Crippen LogP contribution in [0.25, 0.3) is 0 Å². The lowest BCUT2D eigenvalue weighted by Crippen LogP contribution is -2.33. The third-order valence-corrected chi connectivity index (χ3v) is 2.12. The molecule has 0 aromatic rings. The van der Waals surface area contributed by atoms with Gasteiger partial charge in [-0.1, -0.05) is 0 Å². The summed E-state index contributed by atoms with van der Waals surface area (Å²) < 4.78 is 5.15. The number of amides is 1. The fourth-order valence-corrected chi connectivity index (χ4v) is 1.41.